The molecule has 0 unspecified atom stereocenters. The number of ether oxygens (including phenoxy) is 2. The molecule has 4 heteroatoms. The minimum atomic E-state index is -0.392. The summed E-state index contributed by atoms with van der Waals surface area (Å²) in [6.45, 7) is 6.29. The van der Waals surface area contributed by atoms with E-state index < -0.39 is 5.97 Å². The smallest absolute Gasteiger partial charge is 0.338 e. The second-order valence-electron chi connectivity index (χ2n) is 6.73. The lowest BCUT2D eigenvalue weighted by molar-refractivity contribution is -0.136. The van der Waals surface area contributed by atoms with E-state index in [0.717, 1.165) is 22.3 Å². The number of methoxy groups -OCH3 is 1. The molecule has 0 fully saturated rings. The Bertz CT molecular complexity index is 990. The van der Waals surface area contributed by atoms with E-state index in [4.69, 9.17) is 9.47 Å². The highest BCUT2D eigenvalue weighted by atomic mass is 16.5. The molecule has 0 amide bonds. The van der Waals surface area contributed by atoms with Crippen LogP contribution >= 0.6 is 0 Å². The van der Waals surface area contributed by atoms with Crippen LogP contribution in [0.4, 0.5) is 0 Å². The summed E-state index contributed by atoms with van der Waals surface area (Å²) >= 11 is 0. The lowest BCUT2D eigenvalue weighted by Crippen LogP contribution is -2.10. The molecule has 31 heavy (non-hydrogen) atoms. The number of carbonyl (C=O) groups is 1. The van der Waals surface area contributed by atoms with Crippen molar-refractivity contribution in [3.05, 3.63) is 95.1 Å². The number of phenols is 1. The second-order valence-corrected chi connectivity index (χ2v) is 6.73. The average Bonchev–Trinajstić information content (AvgIpc) is 2.81. The first kappa shape index (κ1) is 23.7. The Labute approximate surface area is 184 Å². The summed E-state index contributed by atoms with van der Waals surface area (Å²) in [6, 6.07) is 22.6. The Balaban J connectivity index is 0.00000166. The van der Waals surface area contributed by atoms with E-state index >= 15 is 0 Å². The molecule has 0 radical (unpaired) electrons. The van der Waals surface area contributed by atoms with E-state index in [9.17, 15) is 9.90 Å². The fourth-order valence-corrected chi connectivity index (χ4v) is 2.93. The Morgan fingerprint density at radius 3 is 2.29 bits per heavy atom. The highest BCUT2D eigenvalue weighted by Gasteiger charge is 2.15. The van der Waals surface area contributed by atoms with Gasteiger partial charge < -0.3 is 14.6 Å². The molecule has 0 aromatic heterocycles. The van der Waals surface area contributed by atoms with Gasteiger partial charge in [0.05, 0.1) is 19.3 Å². The van der Waals surface area contributed by atoms with Gasteiger partial charge in [-0.1, -0.05) is 80.1 Å². The van der Waals surface area contributed by atoms with Gasteiger partial charge in [0, 0.05) is 6.42 Å². The molecule has 4 nitrogen and oxygen atoms in total. The number of benzene rings is 3. The van der Waals surface area contributed by atoms with Crippen LogP contribution in [0.3, 0.4) is 0 Å². The van der Waals surface area contributed by atoms with Crippen molar-refractivity contribution in [2.45, 2.75) is 27.2 Å². The molecule has 0 atom stereocenters. The summed E-state index contributed by atoms with van der Waals surface area (Å²) in [5.41, 5.74) is 4.18. The maximum atomic E-state index is 12.9. The van der Waals surface area contributed by atoms with Crippen LogP contribution in [0.5, 0.6) is 11.5 Å². The van der Waals surface area contributed by atoms with Crippen LogP contribution in [-0.2, 0) is 16.0 Å². The van der Waals surface area contributed by atoms with Gasteiger partial charge in [-0.2, -0.15) is 0 Å². The van der Waals surface area contributed by atoms with E-state index in [1.54, 1.807) is 18.2 Å². The van der Waals surface area contributed by atoms with Gasteiger partial charge in [0.15, 0.2) is 11.5 Å². The van der Waals surface area contributed by atoms with Crippen LogP contribution in [0.25, 0.3) is 11.6 Å². The maximum absolute atomic E-state index is 12.9. The van der Waals surface area contributed by atoms with Gasteiger partial charge in [-0.25, -0.2) is 4.79 Å². The van der Waals surface area contributed by atoms with E-state index in [1.807, 2.05) is 75.4 Å². The van der Waals surface area contributed by atoms with Crippen LogP contribution in [0.1, 0.15) is 36.1 Å². The molecule has 162 valence electrons. The van der Waals surface area contributed by atoms with Crippen molar-refractivity contribution in [1.82, 2.24) is 0 Å². The zero-order valence-corrected chi connectivity index (χ0v) is 18.6. The van der Waals surface area contributed by atoms with E-state index in [2.05, 4.69) is 0 Å². The molecule has 0 spiro atoms. The van der Waals surface area contributed by atoms with Crippen molar-refractivity contribution in [1.29, 1.82) is 0 Å². The fourth-order valence-electron chi connectivity index (χ4n) is 2.93. The van der Waals surface area contributed by atoms with Gasteiger partial charge in [-0.15, -0.1) is 0 Å². The molecule has 0 aliphatic heterocycles. The van der Waals surface area contributed by atoms with E-state index in [-0.39, 0.29) is 5.75 Å². The summed E-state index contributed by atoms with van der Waals surface area (Å²) in [4.78, 5) is 12.9. The molecule has 1 N–H and O–H groups in total. The second kappa shape index (κ2) is 12.2. The molecule has 0 bridgehead atoms. The largest absolute Gasteiger partial charge is 0.504 e. The number of hydrogen-bond acceptors (Lipinski definition) is 4. The van der Waals surface area contributed by atoms with E-state index in [0.29, 0.717) is 24.4 Å². The third kappa shape index (κ3) is 7.03. The number of aryl methyl sites for hydroxylation is 1. The first-order valence-electron chi connectivity index (χ1n) is 10.4. The van der Waals surface area contributed by atoms with Crippen molar-refractivity contribution in [2.24, 2.45) is 0 Å². The SMILES string of the molecule is CC.COc1cc(/C=C(/C(=O)OCCc2ccccc2)c2ccc(C)cc2)ccc1O. The lowest BCUT2D eigenvalue weighted by atomic mass is 10.0. The highest BCUT2D eigenvalue weighted by molar-refractivity contribution is 6.21. The van der Waals surface area contributed by atoms with Gasteiger partial charge in [0.25, 0.3) is 0 Å². The van der Waals surface area contributed by atoms with Crippen molar-refractivity contribution in [2.75, 3.05) is 13.7 Å². The van der Waals surface area contributed by atoms with Gasteiger partial charge >= 0.3 is 5.97 Å². The predicted molar refractivity (Wildman–Crippen MR) is 126 cm³/mol. The summed E-state index contributed by atoms with van der Waals surface area (Å²) in [7, 11) is 1.49. The molecule has 3 rings (SSSR count). The fraction of sp³-hybridized carbons (Fsp3) is 0.222. The molecule has 0 heterocycles. The van der Waals surface area contributed by atoms with Gasteiger partial charge in [-0.05, 0) is 41.8 Å². The minimum Gasteiger partial charge on any atom is -0.504 e. The minimum absolute atomic E-state index is 0.0481. The summed E-state index contributed by atoms with van der Waals surface area (Å²) in [5, 5.41) is 9.81. The van der Waals surface area contributed by atoms with Crippen molar-refractivity contribution in [3.63, 3.8) is 0 Å². The normalized spacial score (nSPS) is 10.6. The number of carbonyl (C=O) groups excluding carboxylic acids is 1. The predicted octanol–water partition coefficient (Wildman–Crippen LogP) is 6.06. The molecular weight excluding hydrogens is 388 g/mol. The van der Waals surface area contributed by atoms with Crippen molar-refractivity contribution < 1.29 is 19.4 Å². The summed E-state index contributed by atoms with van der Waals surface area (Å²) in [6.07, 6.45) is 2.40. The molecule has 0 aliphatic carbocycles. The lowest BCUT2D eigenvalue weighted by Gasteiger charge is -2.10. The quantitative estimate of drug-likeness (QED) is 0.288. The highest BCUT2D eigenvalue weighted by Crippen LogP contribution is 2.29. The average molecular weight is 419 g/mol. The summed E-state index contributed by atoms with van der Waals surface area (Å²) in [5.74, 6) is 0.00301. The van der Waals surface area contributed by atoms with E-state index in [1.165, 1.54) is 13.2 Å². The zero-order valence-electron chi connectivity index (χ0n) is 18.6. The third-order valence-electron chi connectivity index (χ3n) is 4.56. The Morgan fingerprint density at radius 2 is 1.65 bits per heavy atom. The zero-order chi connectivity index (χ0) is 22.6. The Kier molecular flexibility index (Phi) is 9.37. The third-order valence-corrected chi connectivity index (χ3v) is 4.56. The number of aromatic hydroxyl groups is 1. The first-order valence-corrected chi connectivity index (χ1v) is 10.4. The number of hydrogen-bond donors (Lipinski definition) is 1. The van der Waals surface area contributed by atoms with Crippen molar-refractivity contribution in [3.8, 4) is 11.5 Å². The molecule has 3 aromatic rings. The number of esters is 1. The molecule has 0 saturated heterocycles. The molecule has 3 aromatic carbocycles. The standard InChI is InChI=1S/C25H24O4.C2H6/c1-18-8-11-21(12-9-18)22(16-20-10-13-23(26)24(17-20)28-2)25(27)29-15-14-19-6-4-3-5-7-19;1-2/h3-13,16-17,26H,14-15H2,1-2H3;1-2H3/b22-16+;. The number of phenolic OH excluding ortho intramolecular Hbond substituents is 1. The monoisotopic (exact) mass is 418 g/mol. The topological polar surface area (TPSA) is 55.8 Å². The Morgan fingerprint density at radius 1 is 0.968 bits per heavy atom. The maximum Gasteiger partial charge on any atom is 0.338 e. The van der Waals surface area contributed by atoms with Crippen LogP contribution < -0.4 is 4.74 Å². The Hall–Kier alpha value is -3.53. The molecule has 0 saturated carbocycles. The van der Waals surface area contributed by atoms with Gasteiger partial charge in [0.2, 0.25) is 0 Å². The van der Waals surface area contributed by atoms with Crippen molar-refractivity contribution >= 4 is 17.6 Å². The number of rotatable bonds is 7. The van der Waals surface area contributed by atoms with Crippen LogP contribution in [0.15, 0.2) is 72.8 Å². The van der Waals surface area contributed by atoms with Crippen LogP contribution in [0.2, 0.25) is 0 Å². The van der Waals surface area contributed by atoms with Crippen LogP contribution in [-0.4, -0.2) is 24.8 Å². The van der Waals surface area contributed by atoms with Gasteiger partial charge in [0.1, 0.15) is 0 Å². The summed E-state index contributed by atoms with van der Waals surface area (Å²) < 4.78 is 10.7. The molecular formula is C27H30O4. The molecule has 0 aliphatic rings. The van der Waals surface area contributed by atoms with Crippen LogP contribution in [0, 0.1) is 6.92 Å². The first-order chi connectivity index (χ1) is 15.1. The van der Waals surface area contributed by atoms with Gasteiger partial charge in [-0.3, -0.25) is 0 Å².